The molecule has 3 N–H and O–H groups in total. The second kappa shape index (κ2) is 6.74. The Balaban J connectivity index is 2.11. The maximum Gasteiger partial charge on any atom is 0.242 e. The highest BCUT2D eigenvalue weighted by atomic mass is 35.5. The molecule has 0 spiro atoms. The maximum absolute atomic E-state index is 12.0. The van der Waals surface area contributed by atoms with Gasteiger partial charge in [0.15, 0.2) is 5.82 Å². The lowest BCUT2D eigenvalue weighted by molar-refractivity contribution is -0.118. The summed E-state index contributed by atoms with van der Waals surface area (Å²) in [5, 5.41) is 7.61. The molecule has 0 aliphatic carbocycles. The Morgan fingerprint density at radius 2 is 2.14 bits per heavy atom. The summed E-state index contributed by atoms with van der Waals surface area (Å²) >= 11 is 6.12. The topological polar surface area (TPSA) is 72.9 Å². The number of nitrogens with zero attached hydrogens (tertiary/aromatic N) is 2. The number of amides is 1. The van der Waals surface area contributed by atoms with Crippen LogP contribution in [0.25, 0.3) is 5.69 Å². The van der Waals surface area contributed by atoms with E-state index < -0.39 is 6.04 Å². The molecular formula is C15H19ClN4O. The number of carbonyl (C=O) groups excluding carboxylic acids is 1. The number of halogens is 1. The van der Waals surface area contributed by atoms with Gasteiger partial charge in [0.1, 0.15) is 0 Å². The summed E-state index contributed by atoms with van der Waals surface area (Å²) in [5.74, 6) is 0.350. The lowest BCUT2D eigenvalue weighted by atomic mass is 9.99. The normalized spacial score (nSPS) is 13.7. The molecule has 2 aromatic rings. The molecule has 0 saturated heterocycles. The molecule has 112 valence electrons. The van der Waals surface area contributed by atoms with Gasteiger partial charge in [0.2, 0.25) is 5.91 Å². The van der Waals surface area contributed by atoms with Crippen LogP contribution in [0.5, 0.6) is 0 Å². The second-order valence-electron chi connectivity index (χ2n) is 5.00. The number of rotatable bonds is 5. The second-order valence-corrected chi connectivity index (χ2v) is 5.40. The molecule has 2 atom stereocenters. The van der Waals surface area contributed by atoms with Crippen LogP contribution in [0, 0.1) is 5.92 Å². The van der Waals surface area contributed by atoms with Gasteiger partial charge in [0.25, 0.3) is 0 Å². The Labute approximate surface area is 129 Å². The van der Waals surface area contributed by atoms with Gasteiger partial charge >= 0.3 is 0 Å². The standard InChI is InChI=1S/C15H19ClN4O/c1-3-10(2)14(17)15(21)18-13-8-9-20(19-13)12-7-5-4-6-11(12)16/h4-10,14H,3,17H2,1-2H3,(H,18,19,21). The summed E-state index contributed by atoms with van der Waals surface area (Å²) in [5.41, 5.74) is 6.65. The van der Waals surface area contributed by atoms with Crippen molar-refractivity contribution < 1.29 is 4.79 Å². The van der Waals surface area contributed by atoms with Crippen LogP contribution >= 0.6 is 11.6 Å². The van der Waals surface area contributed by atoms with Gasteiger partial charge in [-0.25, -0.2) is 4.68 Å². The summed E-state index contributed by atoms with van der Waals surface area (Å²) < 4.78 is 1.62. The molecule has 0 bridgehead atoms. The Kier molecular flexibility index (Phi) is 4.98. The van der Waals surface area contributed by atoms with E-state index in [9.17, 15) is 4.79 Å². The van der Waals surface area contributed by atoms with E-state index in [1.54, 1.807) is 23.0 Å². The van der Waals surface area contributed by atoms with Crippen molar-refractivity contribution in [1.29, 1.82) is 0 Å². The lowest BCUT2D eigenvalue weighted by Gasteiger charge is -2.16. The number of hydrogen-bond acceptors (Lipinski definition) is 3. The molecule has 5 nitrogen and oxygen atoms in total. The van der Waals surface area contributed by atoms with Crippen LogP contribution in [-0.4, -0.2) is 21.7 Å². The number of para-hydroxylation sites is 1. The number of nitrogens with one attached hydrogen (secondary N) is 1. The van der Waals surface area contributed by atoms with E-state index in [0.717, 1.165) is 12.1 Å². The first kappa shape index (κ1) is 15.5. The summed E-state index contributed by atoms with van der Waals surface area (Å²) in [4.78, 5) is 12.0. The summed E-state index contributed by atoms with van der Waals surface area (Å²) in [7, 11) is 0. The minimum atomic E-state index is -0.541. The number of carbonyl (C=O) groups is 1. The third-order valence-corrected chi connectivity index (χ3v) is 3.82. The first-order valence-electron chi connectivity index (χ1n) is 6.90. The first-order valence-corrected chi connectivity index (χ1v) is 7.27. The van der Waals surface area contributed by atoms with Crippen molar-refractivity contribution in [2.24, 2.45) is 11.7 Å². The molecule has 0 fully saturated rings. The summed E-state index contributed by atoms with van der Waals surface area (Å²) in [6.07, 6.45) is 2.59. The van der Waals surface area contributed by atoms with Gasteiger partial charge in [-0.05, 0) is 18.1 Å². The van der Waals surface area contributed by atoms with Crippen molar-refractivity contribution in [1.82, 2.24) is 9.78 Å². The number of nitrogens with two attached hydrogens (primary N) is 1. The van der Waals surface area contributed by atoms with Crippen LogP contribution in [0.15, 0.2) is 36.5 Å². The van der Waals surface area contributed by atoms with Crippen molar-refractivity contribution in [3.8, 4) is 5.69 Å². The van der Waals surface area contributed by atoms with Gasteiger partial charge < -0.3 is 11.1 Å². The molecule has 1 aromatic carbocycles. The zero-order valence-corrected chi connectivity index (χ0v) is 12.8. The van der Waals surface area contributed by atoms with Crippen molar-refractivity contribution in [2.45, 2.75) is 26.3 Å². The Morgan fingerprint density at radius 1 is 1.43 bits per heavy atom. The third-order valence-electron chi connectivity index (χ3n) is 3.50. The minimum absolute atomic E-state index is 0.121. The van der Waals surface area contributed by atoms with E-state index in [2.05, 4.69) is 10.4 Å². The molecule has 2 rings (SSSR count). The van der Waals surface area contributed by atoms with Gasteiger partial charge in [-0.3, -0.25) is 4.79 Å². The quantitative estimate of drug-likeness (QED) is 0.892. The Bertz CT molecular complexity index is 626. The molecule has 2 unspecified atom stereocenters. The Hall–Kier alpha value is -1.85. The summed E-state index contributed by atoms with van der Waals surface area (Å²) in [6.45, 7) is 3.95. The van der Waals surface area contributed by atoms with Crippen LogP contribution in [0.3, 0.4) is 0 Å². The lowest BCUT2D eigenvalue weighted by Crippen LogP contribution is -2.40. The minimum Gasteiger partial charge on any atom is -0.320 e. The molecule has 1 aromatic heterocycles. The van der Waals surface area contributed by atoms with Gasteiger partial charge in [-0.15, -0.1) is 0 Å². The molecule has 1 heterocycles. The molecule has 21 heavy (non-hydrogen) atoms. The summed E-state index contributed by atoms with van der Waals surface area (Å²) in [6, 6.07) is 8.54. The highest BCUT2D eigenvalue weighted by Gasteiger charge is 2.20. The fourth-order valence-electron chi connectivity index (χ4n) is 1.88. The van der Waals surface area contributed by atoms with E-state index >= 15 is 0 Å². The van der Waals surface area contributed by atoms with Crippen LogP contribution in [0.1, 0.15) is 20.3 Å². The van der Waals surface area contributed by atoms with Gasteiger partial charge in [0.05, 0.1) is 16.8 Å². The highest BCUT2D eigenvalue weighted by molar-refractivity contribution is 6.32. The van der Waals surface area contributed by atoms with E-state index in [4.69, 9.17) is 17.3 Å². The number of hydrogen-bond donors (Lipinski definition) is 2. The fourth-order valence-corrected chi connectivity index (χ4v) is 2.11. The van der Waals surface area contributed by atoms with Crippen LogP contribution in [0.4, 0.5) is 5.82 Å². The molecule has 1 amide bonds. The van der Waals surface area contributed by atoms with Crippen molar-refractivity contribution in [3.63, 3.8) is 0 Å². The predicted molar refractivity (Wildman–Crippen MR) is 84.6 cm³/mol. The van der Waals surface area contributed by atoms with Crippen molar-refractivity contribution in [3.05, 3.63) is 41.6 Å². The zero-order valence-electron chi connectivity index (χ0n) is 12.1. The fraction of sp³-hybridized carbons (Fsp3) is 0.333. The van der Waals surface area contributed by atoms with Gasteiger partial charge in [0, 0.05) is 12.3 Å². The third kappa shape index (κ3) is 3.62. The number of anilines is 1. The van der Waals surface area contributed by atoms with Crippen molar-refractivity contribution >= 4 is 23.3 Å². The van der Waals surface area contributed by atoms with E-state index in [-0.39, 0.29) is 11.8 Å². The number of aromatic nitrogens is 2. The first-order chi connectivity index (χ1) is 10.0. The van der Waals surface area contributed by atoms with Crippen molar-refractivity contribution in [2.75, 3.05) is 5.32 Å². The largest absolute Gasteiger partial charge is 0.320 e. The molecule has 0 radical (unpaired) electrons. The van der Waals surface area contributed by atoms with E-state index in [1.165, 1.54) is 0 Å². The predicted octanol–water partition coefficient (Wildman–Crippen LogP) is 2.84. The van der Waals surface area contributed by atoms with Crippen LogP contribution < -0.4 is 11.1 Å². The molecular weight excluding hydrogens is 288 g/mol. The van der Waals surface area contributed by atoms with Crippen LogP contribution in [-0.2, 0) is 4.79 Å². The van der Waals surface area contributed by atoms with Crippen LogP contribution in [0.2, 0.25) is 5.02 Å². The van der Waals surface area contributed by atoms with Gasteiger partial charge in [-0.1, -0.05) is 44.0 Å². The average molecular weight is 307 g/mol. The molecule has 6 heteroatoms. The molecule has 0 aliphatic heterocycles. The molecule has 0 aliphatic rings. The molecule has 0 saturated carbocycles. The zero-order chi connectivity index (χ0) is 15.4. The Morgan fingerprint density at radius 3 is 2.81 bits per heavy atom. The SMILES string of the molecule is CCC(C)C(N)C(=O)Nc1ccn(-c2ccccc2Cl)n1. The maximum atomic E-state index is 12.0. The smallest absolute Gasteiger partial charge is 0.242 e. The monoisotopic (exact) mass is 306 g/mol. The van der Waals surface area contributed by atoms with E-state index in [0.29, 0.717) is 10.8 Å². The van der Waals surface area contributed by atoms with E-state index in [1.807, 2.05) is 32.0 Å². The van der Waals surface area contributed by atoms with Gasteiger partial charge in [-0.2, -0.15) is 5.10 Å². The average Bonchev–Trinajstić information content (AvgIpc) is 2.94. The number of benzene rings is 1. The highest BCUT2D eigenvalue weighted by Crippen LogP contribution is 2.20.